The second-order valence-electron chi connectivity index (χ2n) is 6.11. The van der Waals surface area contributed by atoms with Gasteiger partial charge < -0.3 is 0 Å². The van der Waals surface area contributed by atoms with Crippen molar-refractivity contribution in [3.63, 3.8) is 0 Å². The zero-order valence-electron chi connectivity index (χ0n) is 12.4. The van der Waals surface area contributed by atoms with Crippen molar-refractivity contribution in [2.75, 3.05) is 6.54 Å². The highest BCUT2D eigenvalue weighted by molar-refractivity contribution is 6.16. The van der Waals surface area contributed by atoms with Crippen LogP contribution in [0.5, 0.6) is 0 Å². The first-order valence-corrected chi connectivity index (χ1v) is 7.70. The number of carbonyl (C=O) groups is 3. The number of hydrogen-bond acceptors (Lipinski definition) is 3. The van der Waals surface area contributed by atoms with E-state index < -0.39 is 17.9 Å². The number of nitrogens with one attached hydrogen (secondary N) is 1. The molecule has 5 heteroatoms. The summed E-state index contributed by atoms with van der Waals surface area (Å²) in [7, 11) is 0. The first-order valence-electron chi connectivity index (χ1n) is 7.70. The Morgan fingerprint density at radius 2 is 1.90 bits per heavy atom. The molecule has 1 heterocycles. The van der Waals surface area contributed by atoms with E-state index in [2.05, 4.69) is 12.2 Å². The van der Waals surface area contributed by atoms with Gasteiger partial charge in [0, 0.05) is 6.54 Å². The molecule has 0 spiro atoms. The van der Waals surface area contributed by atoms with Crippen molar-refractivity contribution in [2.45, 2.75) is 52.4 Å². The molecule has 20 heavy (non-hydrogen) atoms. The lowest BCUT2D eigenvalue weighted by molar-refractivity contribution is -0.143. The minimum atomic E-state index is -0.684. The van der Waals surface area contributed by atoms with Crippen LogP contribution in [0.2, 0.25) is 0 Å². The van der Waals surface area contributed by atoms with Crippen molar-refractivity contribution in [3.8, 4) is 0 Å². The summed E-state index contributed by atoms with van der Waals surface area (Å²) in [4.78, 5) is 37.3. The van der Waals surface area contributed by atoms with Gasteiger partial charge >= 0.3 is 6.03 Å². The normalized spacial score (nSPS) is 31.4. The van der Waals surface area contributed by atoms with E-state index in [0.717, 1.165) is 25.7 Å². The highest BCUT2D eigenvalue weighted by atomic mass is 16.2. The summed E-state index contributed by atoms with van der Waals surface area (Å²) in [6.07, 6.45) is 5.88. The van der Waals surface area contributed by atoms with Crippen molar-refractivity contribution in [3.05, 3.63) is 0 Å². The molecule has 2 aliphatic rings. The molecule has 1 aliphatic carbocycles. The lowest BCUT2D eigenvalue weighted by Crippen LogP contribution is -2.59. The van der Waals surface area contributed by atoms with Crippen LogP contribution in [0.4, 0.5) is 4.79 Å². The Morgan fingerprint density at radius 1 is 1.20 bits per heavy atom. The van der Waals surface area contributed by atoms with Crippen LogP contribution < -0.4 is 5.32 Å². The smallest absolute Gasteiger partial charge is 0.277 e. The Hall–Kier alpha value is -1.39. The third kappa shape index (κ3) is 3.02. The summed E-state index contributed by atoms with van der Waals surface area (Å²) in [5, 5.41) is 2.33. The molecule has 1 aliphatic heterocycles. The predicted molar refractivity (Wildman–Crippen MR) is 74.8 cm³/mol. The molecule has 4 amide bonds. The van der Waals surface area contributed by atoms with Gasteiger partial charge in [-0.05, 0) is 24.7 Å². The van der Waals surface area contributed by atoms with Crippen LogP contribution in [0.25, 0.3) is 0 Å². The molecule has 2 fully saturated rings. The first-order chi connectivity index (χ1) is 9.54. The number of urea groups is 1. The zero-order chi connectivity index (χ0) is 14.7. The molecule has 0 aromatic rings. The van der Waals surface area contributed by atoms with Crippen LogP contribution in [0.3, 0.4) is 0 Å². The molecule has 1 saturated heterocycles. The largest absolute Gasteiger partial charge is 0.330 e. The van der Waals surface area contributed by atoms with Crippen LogP contribution in [0.15, 0.2) is 0 Å². The molecular formula is C15H24N2O3. The van der Waals surface area contributed by atoms with Gasteiger partial charge in [-0.1, -0.05) is 39.5 Å². The number of barbiturate groups is 1. The van der Waals surface area contributed by atoms with Gasteiger partial charge in [-0.15, -0.1) is 0 Å². The monoisotopic (exact) mass is 280 g/mol. The van der Waals surface area contributed by atoms with E-state index in [-0.39, 0.29) is 5.91 Å². The molecule has 3 unspecified atom stereocenters. The molecule has 0 bridgehead atoms. The van der Waals surface area contributed by atoms with Gasteiger partial charge in [0.2, 0.25) is 11.8 Å². The summed E-state index contributed by atoms with van der Waals surface area (Å²) in [5.74, 6) is -0.523. The summed E-state index contributed by atoms with van der Waals surface area (Å²) < 4.78 is 0. The molecule has 0 aromatic heterocycles. The number of hydrogen-bond donors (Lipinski definition) is 1. The zero-order valence-corrected chi connectivity index (χ0v) is 12.4. The minimum Gasteiger partial charge on any atom is -0.277 e. The molecule has 1 saturated carbocycles. The Bertz CT molecular complexity index is 408. The van der Waals surface area contributed by atoms with Gasteiger partial charge in [0.1, 0.15) is 5.92 Å². The van der Waals surface area contributed by atoms with Crippen LogP contribution in [-0.4, -0.2) is 29.3 Å². The van der Waals surface area contributed by atoms with Gasteiger partial charge in [-0.3, -0.25) is 19.8 Å². The Morgan fingerprint density at radius 3 is 2.55 bits per heavy atom. The Kier molecular flexibility index (Phi) is 4.78. The van der Waals surface area contributed by atoms with E-state index in [0.29, 0.717) is 24.8 Å². The van der Waals surface area contributed by atoms with Crippen molar-refractivity contribution >= 4 is 17.8 Å². The van der Waals surface area contributed by atoms with Gasteiger partial charge in [-0.2, -0.15) is 0 Å². The van der Waals surface area contributed by atoms with Crippen molar-refractivity contribution in [1.82, 2.24) is 10.2 Å². The van der Waals surface area contributed by atoms with Crippen molar-refractivity contribution < 1.29 is 14.4 Å². The van der Waals surface area contributed by atoms with E-state index in [1.807, 2.05) is 6.92 Å². The molecular weight excluding hydrogens is 256 g/mol. The molecule has 5 nitrogen and oxygen atoms in total. The maximum absolute atomic E-state index is 12.4. The second kappa shape index (κ2) is 6.37. The van der Waals surface area contributed by atoms with Crippen molar-refractivity contribution in [2.24, 2.45) is 17.8 Å². The maximum atomic E-state index is 12.4. The molecule has 2 rings (SSSR count). The standard InChI is InChI=1S/C15H24N2O3/c1-3-6-12-13(18)16-15(20)17(14(12)19)9-11-8-5-4-7-10(11)2/h10-12H,3-9H2,1-2H3,(H,16,18,20). The number of imide groups is 2. The van der Waals surface area contributed by atoms with Gasteiger partial charge in [0.25, 0.3) is 0 Å². The Balaban J connectivity index is 2.06. The van der Waals surface area contributed by atoms with E-state index >= 15 is 0 Å². The highest BCUT2D eigenvalue weighted by Gasteiger charge is 2.41. The van der Waals surface area contributed by atoms with Crippen LogP contribution in [0.1, 0.15) is 52.4 Å². The molecule has 112 valence electrons. The number of nitrogens with zero attached hydrogens (tertiary/aromatic N) is 1. The molecule has 1 N–H and O–H groups in total. The van der Waals surface area contributed by atoms with Crippen molar-refractivity contribution in [1.29, 1.82) is 0 Å². The van der Waals surface area contributed by atoms with Gasteiger partial charge in [-0.25, -0.2) is 4.79 Å². The average molecular weight is 280 g/mol. The third-order valence-electron chi connectivity index (χ3n) is 4.64. The quantitative estimate of drug-likeness (QED) is 0.804. The second-order valence-corrected chi connectivity index (χ2v) is 6.11. The van der Waals surface area contributed by atoms with Crippen LogP contribution in [-0.2, 0) is 9.59 Å². The van der Waals surface area contributed by atoms with Crippen LogP contribution in [0, 0.1) is 17.8 Å². The third-order valence-corrected chi connectivity index (χ3v) is 4.64. The average Bonchev–Trinajstić information content (AvgIpc) is 2.41. The van der Waals surface area contributed by atoms with E-state index in [9.17, 15) is 14.4 Å². The number of amides is 4. The summed E-state index contributed by atoms with van der Waals surface area (Å²) >= 11 is 0. The molecule has 0 radical (unpaired) electrons. The van der Waals surface area contributed by atoms with E-state index in [4.69, 9.17) is 0 Å². The lowest BCUT2D eigenvalue weighted by Gasteiger charge is -2.36. The fourth-order valence-corrected chi connectivity index (χ4v) is 3.28. The molecule has 0 aromatic carbocycles. The summed E-state index contributed by atoms with van der Waals surface area (Å²) in [6, 6.07) is -0.537. The lowest BCUT2D eigenvalue weighted by atomic mass is 9.80. The maximum Gasteiger partial charge on any atom is 0.330 e. The Labute approximate surface area is 120 Å². The first kappa shape index (κ1) is 15.0. The van der Waals surface area contributed by atoms with E-state index in [1.54, 1.807) is 0 Å². The SMILES string of the molecule is CCCC1C(=O)NC(=O)N(CC2CCCCC2C)C1=O. The van der Waals surface area contributed by atoms with E-state index in [1.165, 1.54) is 11.3 Å². The van der Waals surface area contributed by atoms with Crippen LogP contribution >= 0.6 is 0 Å². The number of rotatable bonds is 4. The van der Waals surface area contributed by atoms with Gasteiger partial charge in [0.05, 0.1) is 0 Å². The highest BCUT2D eigenvalue weighted by Crippen LogP contribution is 2.31. The summed E-state index contributed by atoms with van der Waals surface area (Å²) in [5.41, 5.74) is 0. The summed E-state index contributed by atoms with van der Waals surface area (Å²) in [6.45, 7) is 4.58. The van der Waals surface area contributed by atoms with Gasteiger partial charge in [0.15, 0.2) is 0 Å². The minimum absolute atomic E-state index is 0.307. The fraction of sp³-hybridized carbons (Fsp3) is 0.800. The predicted octanol–water partition coefficient (Wildman–Crippen LogP) is 2.31. The fourth-order valence-electron chi connectivity index (χ4n) is 3.28. The number of carbonyl (C=O) groups excluding carboxylic acids is 3. The topological polar surface area (TPSA) is 66.5 Å². The molecule has 3 atom stereocenters.